The lowest BCUT2D eigenvalue weighted by Gasteiger charge is -2.18. The molecule has 0 spiro atoms. The molecular formula is C14H16F3N3O3. The first-order valence-corrected chi connectivity index (χ1v) is 6.78. The number of nitrogens with two attached hydrogens (primary N) is 1. The summed E-state index contributed by atoms with van der Waals surface area (Å²) in [6.07, 6.45) is -4.72. The second-order valence-electron chi connectivity index (χ2n) is 5.24. The minimum atomic E-state index is -4.48. The number of nitrogen functional groups attached to an aromatic ring is 1. The predicted molar refractivity (Wildman–Crippen MR) is 76.8 cm³/mol. The number of methoxy groups -OCH3 is 1. The average molecular weight is 331 g/mol. The van der Waals surface area contributed by atoms with Crippen molar-refractivity contribution in [3.8, 4) is 5.75 Å². The molecule has 1 aromatic carbocycles. The molecule has 3 N–H and O–H groups in total. The number of likely N-dealkylation sites (tertiary alicyclic amines) is 1. The summed E-state index contributed by atoms with van der Waals surface area (Å²) in [6, 6.07) is 4.58. The van der Waals surface area contributed by atoms with Crippen LogP contribution in [0.15, 0.2) is 18.2 Å². The zero-order valence-electron chi connectivity index (χ0n) is 12.3. The number of carbonyl (C=O) groups excluding carboxylic acids is 2. The van der Waals surface area contributed by atoms with Crippen molar-refractivity contribution in [2.45, 2.75) is 12.6 Å². The lowest BCUT2D eigenvalue weighted by molar-refractivity contribution is -0.157. The Hall–Kier alpha value is -2.45. The van der Waals surface area contributed by atoms with E-state index in [1.54, 1.807) is 12.1 Å². The number of carbonyl (C=O) groups is 2. The van der Waals surface area contributed by atoms with Crippen LogP contribution in [0, 0.1) is 5.92 Å². The van der Waals surface area contributed by atoms with E-state index in [1.807, 2.05) is 0 Å². The Balaban J connectivity index is 1.99. The number of hydrogen-bond acceptors (Lipinski definition) is 4. The quantitative estimate of drug-likeness (QED) is 0.821. The van der Waals surface area contributed by atoms with Crippen molar-refractivity contribution in [1.82, 2.24) is 4.90 Å². The first-order valence-electron chi connectivity index (χ1n) is 6.78. The van der Waals surface area contributed by atoms with Gasteiger partial charge in [-0.1, -0.05) is 0 Å². The molecule has 2 amide bonds. The van der Waals surface area contributed by atoms with Gasteiger partial charge in [-0.15, -0.1) is 0 Å². The van der Waals surface area contributed by atoms with Crippen LogP contribution in [0.5, 0.6) is 5.75 Å². The number of rotatable bonds is 4. The number of amides is 2. The summed E-state index contributed by atoms with van der Waals surface area (Å²) in [4.78, 5) is 24.3. The van der Waals surface area contributed by atoms with E-state index >= 15 is 0 Å². The van der Waals surface area contributed by atoms with Crippen molar-refractivity contribution in [2.75, 3.05) is 31.2 Å². The summed E-state index contributed by atoms with van der Waals surface area (Å²) in [5.74, 6) is -1.59. The molecule has 1 aromatic rings. The minimum Gasteiger partial charge on any atom is -0.495 e. The second kappa shape index (κ2) is 6.35. The predicted octanol–water partition coefficient (Wildman–Crippen LogP) is 1.63. The van der Waals surface area contributed by atoms with Crippen LogP contribution >= 0.6 is 0 Å². The summed E-state index contributed by atoms with van der Waals surface area (Å²) in [6.45, 7) is -1.60. The van der Waals surface area contributed by atoms with Crippen LogP contribution < -0.4 is 15.8 Å². The van der Waals surface area contributed by atoms with E-state index in [0.29, 0.717) is 22.0 Å². The first-order chi connectivity index (χ1) is 10.7. The fourth-order valence-electron chi connectivity index (χ4n) is 2.37. The van der Waals surface area contributed by atoms with Crippen LogP contribution in [-0.4, -0.2) is 43.1 Å². The van der Waals surface area contributed by atoms with Crippen molar-refractivity contribution in [3.63, 3.8) is 0 Å². The molecular weight excluding hydrogens is 315 g/mol. The molecule has 0 radical (unpaired) electrons. The standard InChI is InChI=1S/C14H16F3N3O3/c1-23-11-3-2-9(5-10(11)18)19-13(22)8-4-12(21)20(6-8)7-14(15,16)17/h2-3,5,8H,4,6-7,18H2,1H3,(H,19,22). The molecule has 0 aliphatic carbocycles. The molecule has 1 atom stereocenters. The summed E-state index contributed by atoms with van der Waals surface area (Å²) in [7, 11) is 1.45. The van der Waals surface area contributed by atoms with Gasteiger partial charge in [-0.3, -0.25) is 9.59 Å². The molecule has 1 saturated heterocycles. The fourth-order valence-corrected chi connectivity index (χ4v) is 2.37. The molecule has 1 aliphatic rings. The third-order valence-corrected chi connectivity index (χ3v) is 3.45. The highest BCUT2D eigenvalue weighted by molar-refractivity contribution is 5.97. The zero-order chi connectivity index (χ0) is 17.2. The first kappa shape index (κ1) is 16.9. The van der Waals surface area contributed by atoms with E-state index in [1.165, 1.54) is 13.2 Å². The van der Waals surface area contributed by atoms with E-state index in [-0.39, 0.29) is 13.0 Å². The van der Waals surface area contributed by atoms with Crippen LogP contribution in [0.3, 0.4) is 0 Å². The highest BCUT2D eigenvalue weighted by atomic mass is 19.4. The van der Waals surface area contributed by atoms with Gasteiger partial charge in [0, 0.05) is 18.7 Å². The van der Waals surface area contributed by atoms with E-state index in [0.717, 1.165) is 0 Å². The molecule has 1 fully saturated rings. The second-order valence-corrected chi connectivity index (χ2v) is 5.24. The van der Waals surface area contributed by atoms with Crippen molar-refractivity contribution in [2.24, 2.45) is 5.92 Å². The van der Waals surface area contributed by atoms with E-state index in [2.05, 4.69) is 5.32 Å². The smallest absolute Gasteiger partial charge is 0.406 e. The number of alkyl halides is 3. The van der Waals surface area contributed by atoms with Gasteiger partial charge >= 0.3 is 6.18 Å². The lowest BCUT2D eigenvalue weighted by atomic mass is 10.1. The summed E-state index contributed by atoms with van der Waals surface area (Å²) < 4.78 is 42.0. The van der Waals surface area contributed by atoms with Gasteiger partial charge < -0.3 is 20.7 Å². The number of benzene rings is 1. The van der Waals surface area contributed by atoms with Crippen LogP contribution in [0.4, 0.5) is 24.5 Å². The lowest BCUT2D eigenvalue weighted by Crippen LogP contribution is -2.36. The molecule has 9 heteroatoms. The van der Waals surface area contributed by atoms with Gasteiger partial charge in [-0.25, -0.2) is 0 Å². The number of nitrogens with zero attached hydrogens (tertiary/aromatic N) is 1. The van der Waals surface area contributed by atoms with Gasteiger partial charge in [0.15, 0.2) is 0 Å². The van der Waals surface area contributed by atoms with Crippen LogP contribution in [0.25, 0.3) is 0 Å². The highest BCUT2D eigenvalue weighted by Gasteiger charge is 2.40. The molecule has 1 heterocycles. The zero-order valence-corrected chi connectivity index (χ0v) is 12.3. The SMILES string of the molecule is COc1ccc(NC(=O)C2CC(=O)N(CC(F)(F)F)C2)cc1N. The topological polar surface area (TPSA) is 84.7 Å². The Morgan fingerprint density at radius 2 is 2.17 bits per heavy atom. The Kier molecular flexibility index (Phi) is 4.67. The Morgan fingerprint density at radius 3 is 2.74 bits per heavy atom. The largest absolute Gasteiger partial charge is 0.495 e. The maximum absolute atomic E-state index is 12.4. The Morgan fingerprint density at radius 1 is 1.48 bits per heavy atom. The van der Waals surface area contributed by atoms with Gasteiger partial charge in [0.1, 0.15) is 12.3 Å². The third-order valence-electron chi connectivity index (χ3n) is 3.45. The molecule has 0 aromatic heterocycles. The average Bonchev–Trinajstić information content (AvgIpc) is 2.78. The summed E-state index contributed by atoms with van der Waals surface area (Å²) >= 11 is 0. The van der Waals surface area contributed by atoms with Gasteiger partial charge in [-0.05, 0) is 18.2 Å². The van der Waals surface area contributed by atoms with Crippen LogP contribution in [-0.2, 0) is 9.59 Å². The minimum absolute atomic E-state index is 0.243. The van der Waals surface area contributed by atoms with Crippen molar-refractivity contribution in [1.29, 1.82) is 0 Å². The number of halogens is 3. The monoisotopic (exact) mass is 331 g/mol. The van der Waals surface area contributed by atoms with Crippen LogP contribution in [0.2, 0.25) is 0 Å². The molecule has 6 nitrogen and oxygen atoms in total. The fraction of sp³-hybridized carbons (Fsp3) is 0.429. The van der Waals surface area contributed by atoms with Crippen LogP contribution in [0.1, 0.15) is 6.42 Å². The third kappa shape index (κ3) is 4.27. The number of anilines is 2. The van der Waals surface area contributed by atoms with Gasteiger partial charge in [0.25, 0.3) is 0 Å². The summed E-state index contributed by atoms with van der Waals surface area (Å²) in [5, 5.41) is 2.55. The number of hydrogen-bond donors (Lipinski definition) is 2. The van der Waals surface area contributed by atoms with Gasteiger partial charge in [0.2, 0.25) is 11.8 Å². The molecule has 126 valence electrons. The Labute approximate surface area is 130 Å². The van der Waals surface area contributed by atoms with Crippen molar-refractivity contribution in [3.05, 3.63) is 18.2 Å². The molecule has 0 bridgehead atoms. The maximum atomic E-state index is 12.4. The van der Waals surface area contributed by atoms with E-state index < -0.39 is 30.5 Å². The maximum Gasteiger partial charge on any atom is 0.406 e. The van der Waals surface area contributed by atoms with E-state index in [9.17, 15) is 22.8 Å². The molecule has 2 rings (SSSR count). The molecule has 1 unspecified atom stereocenters. The normalized spacial score (nSPS) is 18.2. The van der Waals surface area contributed by atoms with Gasteiger partial charge in [-0.2, -0.15) is 13.2 Å². The number of nitrogens with one attached hydrogen (secondary N) is 1. The van der Waals surface area contributed by atoms with Gasteiger partial charge in [0.05, 0.1) is 18.7 Å². The molecule has 0 saturated carbocycles. The molecule has 1 aliphatic heterocycles. The molecule has 23 heavy (non-hydrogen) atoms. The van der Waals surface area contributed by atoms with Crippen molar-refractivity contribution >= 4 is 23.2 Å². The van der Waals surface area contributed by atoms with Crippen molar-refractivity contribution < 1.29 is 27.5 Å². The van der Waals surface area contributed by atoms with E-state index in [4.69, 9.17) is 10.5 Å². The summed E-state index contributed by atoms with van der Waals surface area (Å²) in [5.41, 5.74) is 6.41. The highest BCUT2D eigenvalue weighted by Crippen LogP contribution is 2.27. The number of ether oxygens (including phenoxy) is 1. The Bertz CT molecular complexity index is 619.